The van der Waals surface area contributed by atoms with Gasteiger partial charge < -0.3 is 20.6 Å². The Morgan fingerprint density at radius 2 is 1.81 bits per heavy atom. The third-order valence-electron chi connectivity index (χ3n) is 5.95. The molecule has 0 saturated carbocycles. The molecule has 3 rings (SSSR count). The van der Waals surface area contributed by atoms with Gasteiger partial charge in [-0.15, -0.1) is 24.0 Å². The number of rotatable bonds is 7. The van der Waals surface area contributed by atoms with E-state index in [9.17, 15) is 5.11 Å². The fraction of sp³-hybridized carbons (Fsp3) is 0.480. The van der Waals surface area contributed by atoms with Crippen LogP contribution in [0.3, 0.4) is 0 Å². The number of aliphatic hydroxyl groups excluding tert-OH is 1. The second-order valence-electron chi connectivity index (χ2n) is 8.20. The number of anilines is 1. The van der Waals surface area contributed by atoms with E-state index in [1.807, 2.05) is 0 Å². The summed E-state index contributed by atoms with van der Waals surface area (Å²) in [5.74, 6) is 1.30. The first-order valence-corrected chi connectivity index (χ1v) is 11.2. The van der Waals surface area contributed by atoms with E-state index in [-0.39, 0.29) is 30.0 Å². The highest BCUT2D eigenvalue weighted by Gasteiger charge is 2.18. The summed E-state index contributed by atoms with van der Waals surface area (Å²) in [6, 6.07) is 17.4. The van der Waals surface area contributed by atoms with E-state index in [0.29, 0.717) is 19.1 Å². The van der Waals surface area contributed by atoms with Crippen molar-refractivity contribution in [2.45, 2.75) is 46.2 Å². The standard InChI is InChI=1S/C25H36N4O.HI/c1-4-26-25(28-20(3)24-8-6-5-7-19(24)2)27-17-21-9-11-23(12-10-21)29-15-13-22(18-30)14-16-29;/h5-12,20,22,30H,4,13-18H2,1-3H3,(H2,26,27,28);1H. The van der Waals surface area contributed by atoms with Gasteiger partial charge in [-0.3, -0.25) is 0 Å². The molecular formula is C25H37IN4O. The fourth-order valence-electron chi connectivity index (χ4n) is 4.03. The number of aryl methyl sites for hydroxylation is 1. The minimum Gasteiger partial charge on any atom is -0.396 e. The van der Waals surface area contributed by atoms with Crippen molar-refractivity contribution in [2.75, 3.05) is 31.1 Å². The van der Waals surface area contributed by atoms with Crippen LogP contribution in [0, 0.1) is 12.8 Å². The molecule has 1 atom stereocenters. The number of aliphatic hydroxyl groups is 1. The number of benzene rings is 2. The van der Waals surface area contributed by atoms with Crippen molar-refractivity contribution in [2.24, 2.45) is 10.9 Å². The molecule has 1 heterocycles. The van der Waals surface area contributed by atoms with E-state index in [2.05, 4.69) is 84.8 Å². The van der Waals surface area contributed by atoms with Gasteiger partial charge in [-0.1, -0.05) is 36.4 Å². The van der Waals surface area contributed by atoms with Gasteiger partial charge in [0.15, 0.2) is 5.96 Å². The third kappa shape index (κ3) is 7.38. The number of nitrogens with one attached hydrogen (secondary N) is 2. The largest absolute Gasteiger partial charge is 0.396 e. The summed E-state index contributed by atoms with van der Waals surface area (Å²) < 4.78 is 0. The van der Waals surface area contributed by atoms with Crippen LogP contribution < -0.4 is 15.5 Å². The van der Waals surface area contributed by atoms with Gasteiger partial charge in [-0.2, -0.15) is 0 Å². The molecule has 2 aromatic rings. The predicted octanol–water partition coefficient (Wildman–Crippen LogP) is 4.64. The molecule has 1 aliphatic heterocycles. The van der Waals surface area contributed by atoms with Crippen LogP contribution in [0.2, 0.25) is 0 Å². The average Bonchev–Trinajstić information content (AvgIpc) is 2.78. The molecule has 170 valence electrons. The molecule has 1 fully saturated rings. The molecule has 1 saturated heterocycles. The number of hydrogen-bond acceptors (Lipinski definition) is 3. The minimum absolute atomic E-state index is 0. The fourth-order valence-corrected chi connectivity index (χ4v) is 4.03. The van der Waals surface area contributed by atoms with Crippen LogP contribution in [0.1, 0.15) is 49.4 Å². The van der Waals surface area contributed by atoms with Crippen LogP contribution in [0.4, 0.5) is 5.69 Å². The molecule has 0 amide bonds. The second kappa shape index (κ2) is 12.9. The lowest BCUT2D eigenvalue weighted by molar-refractivity contribution is 0.203. The molecular weight excluding hydrogens is 499 g/mol. The summed E-state index contributed by atoms with van der Waals surface area (Å²) in [4.78, 5) is 7.21. The monoisotopic (exact) mass is 536 g/mol. The number of piperidine rings is 1. The van der Waals surface area contributed by atoms with Crippen molar-refractivity contribution in [3.63, 3.8) is 0 Å². The molecule has 0 aromatic heterocycles. The normalized spacial score (nSPS) is 15.9. The number of guanidine groups is 1. The number of halogens is 1. The Labute approximate surface area is 204 Å². The molecule has 0 radical (unpaired) electrons. The van der Waals surface area contributed by atoms with E-state index in [0.717, 1.165) is 38.4 Å². The Hall–Kier alpha value is -1.80. The lowest BCUT2D eigenvalue weighted by Crippen LogP contribution is -2.38. The SMILES string of the molecule is CCNC(=NCc1ccc(N2CCC(CO)CC2)cc1)NC(C)c1ccccc1C.I. The maximum Gasteiger partial charge on any atom is 0.192 e. The number of hydrogen-bond donors (Lipinski definition) is 3. The Bertz CT molecular complexity index is 817. The zero-order valence-electron chi connectivity index (χ0n) is 19.0. The molecule has 5 nitrogen and oxygen atoms in total. The topological polar surface area (TPSA) is 59.9 Å². The summed E-state index contributed by atoms with van der Waals surface area (Å²) in [5, 5.41) is 16.2. The lowest BCUT2D eigenvalue weighted by atomic mass is 9.97. The summed E-state index contributed by atoms with van der Waals surface area (Å²) in [6.07, 6.45) is 2.14. The Morgan fingerprint density at radius 3 is 2.42 bits per heavy atom. The highest BCUT2D eigenvalue weighted by atomic mass is 127. The predicted molar refractivity (Wildman–Crippen MR) is 141 cm³/mol. The van der Waals surface area contributed by atoms with Crippen LogP contribution in [0.25, 0.3) is 0 Å². The summed E-state index contributed by atoms with van der Waals surface area (Å²) in [5.41, 5.74) is 5.03. The first-order chi connectivity index (χ1) is 14.6. The van der Waals surface area contributed by atoms with Crippen LogP contribution in [0.5, 0.6) is 0 Å². The Kier molecular flexibility index (Phi) is 10.6. The summed E-state index contributed by atoms with van der Waals surface area (Å²) in [7, 11) is 0. The van der Waals surface area contributed by atoms with Crippen molar-refractivity contribution in [1.82, 2.24) is 10.6 Å². The zero-order chi connectivity index (χ0) is 21.3. The lowest BCUT2D eigenvalue weighted by Gasteiger charge is -2.32. The van der Waals surface area contributed by atoms with E-state index >= 15 is 0 Å². The van der Waals surface area contributed by atoms with Gasteiger partial charge in [-0.05, 0) is 68.4 Å². The first-order valence-electron chi connectivity index (χ1n) is 11.2. The van der Waals surface area contributed by atoms with Crippen LogP contribution in [0.15, 0.2) is 53.5 Å². The van der Waals surface area contributed by atoms with E-state index < -0.39 is 0 Å². The second-order valence-corrected chi connectivity index (χ2v) is 8.20. The van der Waals surface area contributed by atoms with Gasteiger partial charge in [-0.25, -0.2) is 4.99 Å². The highest BCUT2D eigenvalue weighted by Crippen LogP contribution is 2.23. The summed E-state index contributed by atoms with van der Waals surface area (Å²) >= 11 is 0. The molecule has 31 heavy (non-hydrogen) atoms. The molecule has 1 aliphatic rings. The van der Waals surface area contributed by atoms with Crippen LogP contribution in [-0.2, 0) is 6.54 Å². The summed E-state index contributed by atoms with van der Waals surface area (Å²) in [6.45, 7) is 10.2. The van der Waals surface area contributed by atoms with E-state index in [1.54, 1.807) is 0 Å². The van der Waals surface area contributed by atoms with E-state index in [1.165, 1.54) is 22.4 Å². The molecule has 0 aliphatic carbocycles. The number of aliphatic imine (C=N–C) groups is 1. The van der Waals surface area contributed by atoms with Crippen molar-refractivity contribution in [3.8, 4) is 0 Å². The molecule has 0 bridgehead atoms. The third-order valence-corrected chi connectivity index (χ3v) is 5.95. The highest BCUT2D eigenvalue weighted by molar-refractivity contribution is 14.0. The van der Waals surface area contributed by atoms with Gasteiger partial charge in [0.2, 0.25) is 0 Å². The first kappa shape index (κ1) is 25.5. The molecule has 2 aromatic carbocycles. The van der Waals surface area contributed by atoms with Gasteiger partial charge in [0.1, 0.15) is 0 Å². The quantitative estimate of drug-likeness (QED) is 0.274. The van der Waals surface area contributed by atoms with Gasteiger partial charge in [0, 0.05) is 31.9 Å². The Morgan fingerprint density at radius 1 is 1.13 bits per heavy atom. The maximum absolute atomic E-state index is 9.32. The van der Waals surface area contributed by atoms with Gasteiger partial charge in [0.25, 0.3) is 0 Å². The van der Waals surface area contributed by atoms with Crippen molar-refractivity contribution in [1.29, 1.82) is 0 Å². The van der Waals surface area contributed by atoms with Gasteiger partial charge in [0.05, 0.1) is 12.6 Å². The van der Waals surface area contributed by atoms with Gasteiger partial charge >= 0.3 is 0 Å². The van der Waals surface area contributed by atoms with Crippen LogP contribution in [-0.4, -0.2) is 37.3 Å². The molecule has 1 unspecified atom stereocenters. The van der Waals surface area contributed by atoms with Crippen molar-refractivity contribution >= 4 is 35.6 Å². The molecule has 3 N–H and O–H groups in total. The molecule has 6 heteroatoms. The maximum atomic E-state index is 9.32. The van der Waals surface area contributed by atoms with Crippen LogP contribution >= 0.6 is 24.0 Å². The average molecular weight is 537 g/mol. The van der Waals surface area contributed by atoms with Crippen molar-refractivity contribution in [3.05, 3.63) is 65.2 Å². The number of nitrogens with zero attached hydrogens (tertiary/aromatic N) is 2. The molecule has 0 spiro atoms. The van der Waals surface area contributed by atoms with E-state index in [4.69, 9.17) is 4.99 Å². The van der Waals surface area contributed by atoms with Crippen molar-refractivity contribution < 1.29 is 5.11 Å². The zero-order valence-corrected chi connectivity index (χ0v) is 21.3. The Balaban J connectivity index is 0.00000341. The minimum atomic E-state index is 0. The smallest absolute Gasteiger partial charge is 0.192 e.